The average Bonchev–Trinajstić information content (AvgIpc) is 2.89. The van der Waals surface area contributed by atoms with Gasteiger partial charge in [-0.25, -0.2) is 0 Å². The van der Waals surface area contributed by atoms with Crippen molar-refractivity contribution >= 4 is 29.1 Å². The highest BCUT2D eigenvalue weighted by atomic mass is 35.5. The van der Waals surface area contributed by atoms with E-state index in [1.165, 1.54) is 0 Å². The molecule has 27 heavy (non-hydrogen) atoms. The molecule has 2 aliphatic heterocycles. The predicted octanol–water partition coefficient (Wildman–Crippen LogP) is 4.70. The summed E-state index contributed by atoms with van der Waals surface area (Å²) in [6.45, 7) is 0.650. The molecule has 5 heteroatoms. The number of hydrogen-bond donors (Lipinski definition) is 1. The molecule has 0 spiro atoms. The Morgan fingerprint density at radius 2 is 1.41 bits per heavy atom. The fourth-order valence-electron chi connectivity index (χ4n) is 5.00. The van der Waals surface area contributed by atoms with Gasteiger partial charge in [0, 0.05) is 22.1 Å². The van der Waals surface area contributed by atoms with Gasteiger partial charge in [-0.3, -0.25) is 4.79 Å². The standard InChI is InChI=1S/C22H24Cl2N2O/c1-26(2)22-11-16(14-7-3-5-9-18(14)23)20(21(27)25-13-22)17(12-22)15-8-4-6-10-19(15)24/h3-10,16-17,20H,11-13H2,1-2H3,(H,25,27). The number of likely N-dealkylation sites (N-methyl/N-ethyl adjacent to an activating group) is 1. The van der Waals surface area contributed by atoms with Gasteiger partial charge in [-0.15, -0.1) is 0 Å². The summed E-state index contributed by atoms with van der Waals surface area (Å²) in [5.41, 5.74) is 1.99. The van der Waals surface area contributed by atoms with Crippen LogP contribution in [0.15, 0.2) is 48.5 Å². The monoisotopic (exact) mass is 402 g/mol. The largest absolute Gasteiger partial charge is 0.354 e. The van der Waals surface area contributed by atoms with E-state index in [2.05, 4.69) is 36.4 Å². The minimum absolute atomic E-state index is 0.0543. The molecule has 2 unspecified atom stereocenters. The molecule has 2 aromatic rings. The van der Waals surface area contributed by atoms with Crippen LogP contribution in [0, 0.1) is 5.92 Å². The highest BCUT2D eigenvalue weighted by Crippen LogP contribution is 2.54. The highest BCUT2D eigenvalue weighted by Gasteiger charge is 2.54. The van der Waals surface area contributed by atoms with Gasteiger partial charge in [-0.1, -0.05) is 59.6 Å². The van der Waals surface area contributed by atoms with Crippen molar-refractivity contribution in [3.05, 3.63) is 69.7 Å². The number of rotatable bonds is 3. The van der Waals surface area contributed by atoms with Gasteiger partial charge in [0.2, 0.25) is 5.91 Å². The molecule has 1 N–H and O–H groups in total. The smallest absolute Gasteiger partial charge is 0.224 e. The zero-order valence-corrected chi connectivity index (χ0v) is 17.1. The number of nitrogens with zero attached hydrogens (tertiary/aromatic N) is 1. The minimum atomic E-state index is -0.180. The van der Waals surface area contributed by atoms with Crippen molar-refractivity contribution < 1.29 is 4.79 Å². The Morgan fingerprint density at radius 3 is 1.85 bits per heavy atom. The molecular formula is C22H24Cl2N2O. The molecule has 2 bridgehead atoms. The van der Waals surface area contributed by atoms with E-state index < -0.39 is 0 Å². The van der Waals surface area contributed by atoms with Crippen LogP contribution in [-0.2, 0) is 4.79 Å². The third kappa shape index (κ3) is 3.16. The quantitative estimate of drug-likeness (QED) is 0.806. The molecular weight excluding hydrogens is 379 g/mol. The predicted molar refractivity (Wildman–Crippen MR) is 111 cm³/mol. The van der Waals surface area contributed by atoms with Gasteiger partial charge in [-0.05, 0) is 62.0 Å². The lowest BCUT2D eigenvalue weighted by molar-refractivity contribution is -0.125. The van der Waals surface area contributed by atoms with E-state index in [4.69, 9.17) is 23.2 Å². The molecule has 3 nitrogen and oxygen atoms in total. The van der Waals surface area contributed by atoms with E-state index in [-0.39, 0.29) is 29.2 Å². The third-order valence-electron chi connectivity index (χ3n) is 6.52. The molecule has 0 radical (unpaired) electrons. The van der Waals surface area contributed by atoms with Crippen LogP contribution >= 0.6 is 23.2 Å². The van der Waals surface area contributed by atoms with Crippen molar-refractivity contribution in [2.75, 3.05) is 20.6 Å². The van der Waals surface area contributed by atoms with Crippen LogP contribution in [-0.4, -0.2) is 37.0 Å². The van der Waals surface area contributed by atoms with Crippen LogP contribution < -0.4 is 5.32 Å². The molecule has 2 saturated heterocycles. The highest BCUT2D eigenvalue weighted by molar-refractivity contribution is 6.31. The summed E-state index contributed by atoms with van der Waals surface area (Å²) in [4.78, 5) is 15.5. The molecule has 5 rings (SSSR count). The first kappa shape index (κ1) is 18.8. The van der Waals surface area contributed by atoms with Gasteiger partial charge in [0.15, 0.2) is 0 Å². The summed E-state index contributed by atoms with van der Waals surface area (Å²) in [7, 11) is 4.20. The Balaban J connectivity index is 1.89. The van der Waals surface area contributed by atoms with Crippen molar-refractivity contribution in [1.29, 1.82) is 0 Å². The fraction of sp³-hybridized carbons (Fsp3) is 0.409. The van der Waals surface area contributed by atoms with E-state index in [1.54, 1.807) is 0 Å². The molecule has 2 aromatic carbocycles. The Kier molecular flexibility index (Phi) is 4.96. The van der Waals surface area contributed by atoms with E-state index in [0.717, 1.165) is 34.0 Å². The van der Waals surface area contributed by atoms with Gasteiger partial charge in [-0.2, -0.15) is 0 Å². The first-order valence-corrected chi connectivity index (χ1v) is 10.1. The van der Waals surface area contributed by atoms with Crippen molar-refractivity contribution in [3.8, 4) is 0 Å². The zero-order valence-electron chi connectivity index (χ0n) is 15.6. The van der Waals surface area contributed by atoms with Crippen molar-refractivity contribution in [2.24, 2.45) is 5.92 Å². The van der Waals surface area contributed by atoms with E-state index >= 15 is 0 Å². The van der Waals surface area contributed by atoms with Gasteiger partial charge in [0.1, 0.15) is 0 Å². The Hall–Kier alpha value is -1.55. The van der Waals surface area contributed by atoms with Gasteiger partial charge in [0.05, 0.1) is 5.92 Å². The normalized spacial score (nSPS) is 30.3. The van der Waals surface area contributed by atoms with Crippen molar-refractivity contribution in [3.63, 3.8) is 0 Å². The molecule has 1 aliphatic carbocycles. The van der Waals surface area contributed by atoms with Crippen molar-refractivity contribution in [2.45, 2.75) is 30.2 Å². The molecule has 0 aromatic heterocycles. The van der Waals surface area contributed by atoms with E-state index in [0.29, 0.717) is 6.54 Å². The number of nitrogens with one attached hydrogen (secondary N) is 1. The zero-order chi connectivity index (χ0) is 19.2. The second-order valence-corrected chi connectivity index (χ2v) is 8.84. The number of amides is 1. The summed E-state index contributed by atoms with van der Waals surface area (Å²) in [6.07, 6.45) is 1.79. The van der Waals surface area contributed by atoms with Crippen LogP contribution in [0.2, 0.25) is 10.0 Å². The maximum atomic E-state index is 13.2. The Labute approximate surface area is 170 Å². The Morgan fingerprint density at radius 1 is 0.926 bits per heavy atom. The molecule has 142 valence electrons. The lowest BCUT2D eigenvalue weighted by Crippen LogP contribution is -2.53. The van der Waals surface area contributed by atoms with Crippen molar-refractivity contribution in [1.82, 2.24) is 10.2 Å². The third-order valence-corrected chi connectivity index (χ3v) is 7.21. The SMILES string of the molecule is CN(C)C12CNC(=O)C(C(c3ccccc3Cl)C1)C(c1ccccc1Cl)C2. The summed E-state index contributed by atoms with van der Waals surface area (Å²) in [6, 6.07) is 15.8. The summed E-state index contributed by atoms with van der Waals surface area (Å²) in [5.74, 6) is 0.0312. The first-order valence-electron chi connectivity index (χ1n) is 9.37. The minimum Gasteiger partial charge on any atom is -0.354 e. The van der Waals surface area contributed by atoms with E-state index in [9.17, 15) is 4.79 Å². The number of carbonyl (C=O) groups is 1. The van der Waals surface area contributed by atoms with Gasteiger partial charge >= 0.3 is 0 Å². The number of fused-ring (bicyclic) bond motifs is 4. The Bertz CT molecular complexity index is 811. The van der Waals surface area contributed by atoms with Crippen LogP contribution in [0.5, 0.6) is 0 Å². The summed E-state index contributed by atoms with van der Waals surface area (Å²) < 4.78 is 0. The summed E-state index contributed by atoms with van der Waals surface area (Å²) >= 11 is 13.1. The number of hydrogen-bond acceptors (Lipinski definition) is 2. The number of carbonyl (C=O) groups excluding carboxylic acids is 1. The molecule has 3 aliphatic rings. The molecule has 1 amide bonds. The second-order valence-electron chi connectivity index (χ2n) is 8.03. The molecule has 2 atom stereocenters. The lowest BCUT2D eigenvalue weighted by atomic mass is 9.61. The van der Waals surface area contributed by atoms with Gasteiger partial charge < -0.3 is 10.2 Å². The van der Waals surface area contributed by atoms with Crippen LogP contribution in [0.1, 0.15) is 35.8 Å². The van der Waals surface area contributed by atoms with Crippen LogP contribution in [0.3, 0.4) is 0 Å². The maximum Gasteiger partial charge on any atom is 0.224 e. The number of halogens is 2. The lowest BCUT2D eigenvalue weighted by Gasteiger charge is -2.48. The molecule has 1 saturated carbocycles. The van der Waals surface area contributed by atoms with Crippen LogP contribution in [0.4, 0.5) is 0 Å². The number of benzene rings is 2. The molecule has 2 heterocycles. The maximum absolute atomic E-state index is 13.2. The fourth-order valence-corrected chi connectivity index (χ4v) is 5.55. The second kappa shape index (κ2) is 7.12. The van der Waals surface area contributed by atoms with Gasteiger partial charge in [0.25, 0.3) is 0 Å². The van der Waals surface area contributed by atoms with Crippen LogP contribution in [0.25, 0.3) is 0 Å². The topological polar surface area (TPSA) is 32.3 Å². The first-order chi connectivity index (χ1) is 12.9. The average molecular weight is 403 g/mol. The van der Waals surface area contributed by atoms with E-state index in [1.807, 2.05) is 36.4 Å². The summed E-state index contributed by atoms with van der Waals surface area (Å²) in [5, 5.41) is 4.66. The molecule has 3 fully saturated rings.